The van der Waals surface area contributed by atoms with E-state index in [1.165, 1.54) is 6.08 Å². The van der Waals surface area contributed by atoms with E-state index in [4.69, 9.17) is 9.47 Å². The van der Waals surface area contributed by atoms with Gasteiger partial charge in [-0.25, -0.2) is 0 Å². The Hall–Kier alpha value is -1.58. The first-order chi connectivity index (χ1) is 9.02. The van der Waals surface area contributed by atoms with Gasteiger partial charge in [0.05, 0.1) is 0 Å². The number of rotatable bonds is 9. The lowest BCUT2D eigenvalue weighted by molar-refractivity contribution is -0.174. The summed E-state index contributed by atoms with van der Waals surface area (Å²) in [5, 5.41) is 0. The Balaban J connectivity index is 5.04. The Morgan fingerprint density at radius 1 is 1.16 bits per heavy atom. The summed E-state index contributed by atoms with van der Waals surface area (Å²) in [5.41, 5.74) is -1.24. The van der Waals surface area contributed by atoms with Crippen molar-refractivity contribution in [2.24, 2.45) is 5.41 Å². The molecule has 108 valence electrons. The molecule has 0 saturated carbocycles. The van der Waals surface area contributed by atoms with Crippen molar-refractivity contribution < 1.29 is 19.1 Å². The first-order valence-electron chi connectivity index (χ1n) is 6.64. The maximum absolute atomic E-state index is 12.3. The van der Waals surface area contributed by atoms with E-state index >= 15 is 0 Å². The third-order valence-electron chi connectivity index (χ3n) is 3.24. The number of carbonyl (C=O) groups is 2. The second kappa shape index (κ2) is 8.51. The van der Waals surface area contributed by atoms with Gasteiger partial charge in [-0.3, -0.25) is 9.59 Å². The van der Waals surface area contributed by atoms with Gasteiger partial charge < -0.3 is 9.47 Å². The largest absolute Gasteiger partial charge is 0.461 e. The maximum atomic E-state index is 12.3. The summed E-state index contributed by atoms with van der Waals surface area (Å²) in [6.45, 7) is 12.6. The topological polar surface area (TPSA) is 52.6 Å². The Labute approximate surface area is 115 Å². The number of esters is 2. The van der Waals surface area contributed by atoms with Crippen molar-refractivity contribution in [1.82, 2.24) is 0 Å². The molecular weight excluding hydrogens is 244 g/mol. The van der Waals surface area contributed by atoms with Crippen LogP contribution in [0.15, 0.2) is 25.3 Å². The normalized spacial score (nSPS) is 12.4. The molecule has 1 unspecified atom stereocenters. The van der Waals surface area contributed by atoms with Gasteiger partial charge in [-0.15, -0.1) is 0 Å². The van der Waals surface area contributed by atoms with Crippen LogP contribution in [-0.4, -0.2) is 24.6 Å². The zero-order valence-electron chi connectivity index (χ0n) is 12.1. The molecule has 0 bridgehead atoms. The minimum Gasteiger partial charge on any atom is -0.461 e. The van der Waals surface area contributed by atoms with Crippen LogP contribution in [-0.2, 0) is 19.1 Å². The second-order valence-corrected chi connectivity index (χ2v) is 4.26. The first kappa shape index (κ1) is 17.4. The SMILES string of the molecule is C=CCOC(=O)C(CC)(CC)C(=O)OC(C=C)CC. The van der Waals surface area contributed by atoms with Crippen LogP contribution in [0.25, 0.3) is 0 Å². The van der Waals surface area contributed by atoms with Crippen molar-refractivity contribution in [1.29, 1.82) is 0 Å². The van der Waals surface area contributed by atoms with E-state index < -0.39 is 17.4 Å². The smallest absolute Gasteiger partial charge is 0.324 e. The van der Waals surface area contributed by atoms with Gasteiger partial charge in [0.15, 0.2) is 5.41 Å². The molecule has 0 aromatic heterocycles. The van der Waals surface area contributed by atoms with Crippen LogP contribution < -0.4 is 0 Å². The van der Waals surface area contributed by atoms with Crippen LogP contribution in [0, 0.1) is 5.41 Å². The summed E-state index contributed by atoms with van der Waals surface area (Å²) in [4.78, 5) is 24.4. The first-order valence-corrected chi connectivity index (χ1v) is 6.64. The van der Waals surface area contributed by atoms with Crippen LogP contribution in [0.1, 0.15) is 40.0 Å². The summed E-state index contributed by atoms with van der Waals surface area (Å²) >= 11 is 0. The van der Waals surface area contributed by atoms with E-state index in [1.54, 1.807) is 19.9 Å². The highest BCUT2D eigenvalue weighted by Gasteiger charge is 2.46. The molecule has 1 atom stereocenters. The molecule has 0 heterocycles. The predicted molar refractivity (Wildman–Crippen MR) is 74.5 cm³/mol. The van der Waals surface area contributed by atoms with Gasteiger partial charge in [0, 0.05) is 0 Å². The Morgan fingerprint density at radius 2 is 1.74 bits per heavy atom. The average Bonchev–Trinajstić information content (AvgIpc) is 2.44. The van der Waals surface area contributed by atoms with Crippen LogP contribution in [0.4, 0.5) is 0 Å². The highest BCUT2D eigenvalue weighted by Crippen LogP contribution is 2.31. The summed E-state index contributed by atoms with van der Waals surface area (Å²) in [6.07, 6.45) is 3.95. The molecule has 0 aliphatic rings. The van der Waals surface area contributed by atoms with Crippen molar-refractivity contribution in [3.8, 4) is 0 Å². The molecule has 0 aliphatic heterocycles. The lowest BCUT2D eigenvalue weighted by atomic mass is 9.82. The van der Waals surface area contributed by atoms with Crippen molar-refractivity contribution >= 4 is 11.9 Å². The molecule has 0 aliphatic carbocycles. The quantitative estimate of drug-likeness (QED) is 0.366. The fourth-order valence-electron chi connectivity index (χ4n) is 1.73. The van der Waals surface area contributed by atoms with Crippen LogP contribution >= 0.6 is 0 Å². The fraction of sp³-hybridized carbons (Fsp3) is 0.600. The molecule has 0 aromatic carbocycles. The highest BCUT2D eigenvalue weighted by atomic mass is 16.6. The van der Waals surface area contributed by atoms with E-state index in [0.29, 0.717) is 19.3 Å². The predicted octanol–water partition coefficient (Wildman–Crippen LogP) is 3.03. The van der Waals surface area contributed by atoms with E-state index in [-0.39, 0.29) is 12.7 Å². The zero-order chi connectivity index (χ0) is 14.9. The van der Waals surface area contributed by atoms with E-state index in [1.807, 2.05) is 6.92 Å². The molecule has 0 radical (unpaired) electrons. The fourth-order valence-corrected chi connectivity index (χ4v) is 1.73. The number of ether oxygens (including phenoxy) is 2. The zero-order valence-corrected chi connectivity index (χ0v) is 12.1. The molecule has 4 heteroatoms. The van der Waals surface area contributed by atoms with E-state index in [9.17, 15) is 9.59 Å². The van der Waals surface area contributed by atoms with Gasteiger partial charge in [-0.05, 0) is 19.3 Å². The molecule has 0 amide bonds. The lowest BCUT2D eigenvalue weighted by Gasteiger charge is -2.28. The molecule has 0 fully saturated rings. The van der Waals surface area contributed by atoms with Gasteiger partial charge in [-0.2, -0.15) is 0 Å². The lowest BCUT2D eigenvalue weighted by Crippen LogP contribution is -2.42. The molecule has 4 nitrogen and oxygen atoms in total. The molecular formula is C15H24O4. The summed E-state index contributed by atoms with van der Waals surface area (Å²) in [6, 6.07) is 0. The summed E-state index contributed by atoms with van der Waals surface area (Å²) in [7, 11) is 0. The van der Waals surface area contributed by atoms with Gasteiger partial charge >= 0.3 is 11.9 Å². The molecule has 19 heavy (non-hydrogen) atoms. The van der Waals surface area contributed by atoms with Gasteiger partial charge in [0.2, 0.25) is 0 Å². The standard InChI is InChI=1S/C15H24O4/c1-6-11-18-13(16)15(9-4,10-5)14(17)19-12(7-2)8-3/h6-7,12H,1-2,8-11H2,3-5H3. The van der Waals surface area contributed by atoms with E-state index in [0.717, 1.165) is 0 Å². The summed E-state index contributed by atoms with van der Waals surface area (Å²) in [5.74, 6) is -1.10. The average molecular weight is 268 g/mol. The molecule has 0 saturated heterocycles. The van der Waals surface area contributed by atoms with Crippen molar-refractivity contribution in [3.05, 3.63) is 25.3 Å². The third kappa shape index (κ3) is 4.23. The maximum Gasteiger partial charge on any atom is 0.324 e. The van der Waals surface area contributed by atoms with Crippen LogP contribution in [0.2, 0.25) is 0 Å². The Bertz CT molecular complexity index is 329. The minimum atomic E-state index is -1.24. The van der Waals surface area contributed by atoms with E-state index in [2.05, 4.69) is 13.2 Å². The number of hydrogen-bond donors (Lipinski definition) is 0. The van der Waals surface area contributed by atoms with Crippen LogP contribution in [0.3, 0.4) is 0 Å². The minimum absolute atomic E-state index is 0.0898. The highest BCUT2D eigenvalue weighted by molar-refractivity contribution is 6.00. The summed E-state index contributed by atoms with van der Waals surface area (Å²) < 4.78 is 10.3. The monoisotopic (exact) mass is 268 g/mol. The van der Waals surface area contributed by atoms with Crippen molar-refractivity contribution in [3.63, 3.8) is 0 Å². The number of hydrogen-bond acceptors (Lipinski definition) is 4. The Kier molecular flexibility index (Phi) is 7.80. The van der Waals surface area contributed by atoms with Gasteiger partial charge in [0.1, 0.15) is 12.7 Å². The van der Waals surface area contributed by atoms with Crippen molar-refractivity contribution in [2.45, 2.75) is 46.1 Å². The van der Waals surface area contributed by atoms with Gasteiger partial charge in [-0.1, -0.05) is 46.1 Å². The molecule has 0 aromatic rings. The second-order valence-electron chi connectivity index (χ2n) is 4.26. The molecule has 0 N–H and O–H groups in total. The number of carbonyl (C=O) groups excluding carboxylic acids is 2. The molecule has 0 rings (SSSR count). The Morgan fingerprint density at radius 3 is 2.11 bits per heavy atom. The molecule has 0 spiro atoms. The van der Waals surface area contributed by atoms with Crippen LogP contribution in [0.5, 0.6) is 0 Å². The van der Waals surface area contributed by atoms with Crippen molar-refractivity contribution in [2.75, 3.05) is 6.61 Å². The van der Waals surface area contributed by atoms with Gasteiger partial charge in [0.25, 0.3) is 0 Å². The third-order valence-corrected chi connectivity index (χ3v) is 3.24.